The van der Waals surface area contributed by atoms with E-state index in [1.165, 1.54) is 0 Å². The van der Waals surface area contributed by atoms with Crippen LogP contribution in [0.25, 0.3) is 11.1 Å². The minimum atomic E-state index is 0.203. The van der Waals surface area contributed by atoms with E-state index in [0.29, 0.717) is 5.15 Å². The van der Waals surface area contributed by atoms with E-state index in [-0.39, 0.29) is 12.5 Å². The zero-order valence-electron chi connectivity index (χ0n) is 8.47. The molecule has 5 heteroatoms. The molecule has 1 N–H and O–H groups in total. The molecule has 16 heavy (non-hydrogen) atoms. The summed E-state index contributed by atoms with van der Waals surface area (Å²) < 4.78 is 1.93. The van der Waals surface area contributed by atoms with Gasteiger partial charge < -0.3 is 5.11 Å². The van der Waals surface area contributed by atoms with Crippen molar-refractivity contribution in [1.29, 1.82) is 0 Å². The number of nitrogens with zero attached hydrogens (tertiary/aromatic N) is 3. The van der Waals surface area contributed by atoms with E-state index in [0.717, 1.165) is 23.3 Å². The molecule has 2 aromatic heterocycles. The lowest BCUT2D eigenvalue weighted by Gasteiger charge is -2.22. The van der Waals surface area contributed by atoms with Crippen molar-refractivity contribution in [1.82, 2.24) is 14.4 Å². The zero-order chi connectivity index (χ0) is 11.1. The monoisotopic (exact) mass is 235 g/mol. The van der Waals surface area contributed by atoms with Crippen LogP contribution in [0.15, 0.2) is 24.7 Å². The topological polar surface area (TPSA) is 50.4 Å². The average Bonchev–Trinajstić information content (AvgIpc) is 2.62. The van der Waals surface area contributed by atoms with Gasteiger partial charge in [-0.1, -0.05) is 17.7 Å². The van der Waals surface area contributed by atoms with Crippen molar-refractivity contribution in [3.05, 3.63) is 35.6 Å². The van der Waals surface area contributed by atoms with E-state index in [1.807, 2.05) is 16.7 Å². The first-order chi connectivity index (χ1) is 7.79. The second-order valence-electron chi connectivity index (χ2n) is 3.89. The fourth-order valence-corrected chi connectivity index (χ4v) is 2.15. The van der Waals surface area contributed by atoms with Crippen molar-refractivity contribution >= 4 is 22.7 Å². The number of allylic oxidation sites excluding steroid dienone is 1. The highest BCUT2D eigenvalue weighted by Crippen LogP contribution is 2.33. The van der Waals surface area contributed by atoms with E-state index < -0.39 is 0 Å². The predicted octanol–water partition coefficient (Wildman–Crippen LogP) is 1.78. The molecule has 1 unspecified atom stereocenters. The summed E-state index contributed by atoms with van der Waals surface area (Å²) in [6.07, 6.45) is 8.14. The van der Waals surface area contributed by atoms with Crippen LogP contribution in [0.3, 0.4) is 0 Å². The molecule has 4 nitrogen and oxygen atoms in total. The number of aliphatic hydroxyl groups excluding tert-OH is 1. The number of aliphatic hydroxyl groups is 1. The Labute approximate surface area is 97.2 Å². The summed E-state index contributed by atoms with van der Waals surface area (Å²) in [5, 5.41) is 9.41. The number of imidazole rings is 1. The van der Waals surface area contributed by atoms with Gasteiger partial charge in [0.05, 0.1) is 6.20 Å². The van der Waals surface area contributed by atoms with Gasteiger partial charge in [0.15, 0.2) is 5.15 Å². The molecule has 0 spiro atoms. The van der Waals surface area contributed by atoms with Crippen molar-refractivity contribution in [3.63, 3.8) is 0 Å². The third kappa shape index (κ3) is 1.34. The molecular formula is C11H10ClN3O. The Morgan fingerprint density at radius 1 is 1.50 bits per heavy atom. The highest BCUT2D eigenvalue weighted by molar-refractivity contribution is 6.32. The van der Waals surface area contributed by atoms with Crippen LogP contribution in [0.1, 0.15) is 12.2 Å². The number of aromatic nitrogens is 3. The highest BCUT2D eigenvalue weighted by atomic mass is 35.5. The first kappa shape index (κ1) is 9.81. The van der Waals surface area contributed by atoms with E-state index in [9.17, 15) is 0 Å². The lowest BCUT2D eigenvalue weighted by atomic mass is 9.87. The molecule has 0 aromatic carbocycles. The minimum Gasteiger partial charge on any atom is -0.396 e. The van der Waals surface area contributed by atoms with Gasteiger partial charge in [-0.25, -0.2) is 9.97 Å². The fourth-order valence-electron chi connectivity index (χ4n) is 1.95. The van der Waals surface area contributed by atoms with Crippen LogP contribution in [0.4, 0.5) is 0 Å². The molecule has 82 valence electrons. The summed E-state index contributed by atoms with van der Waals surface area (Å²) in [6.45, 7) is 0.203. The third-order valence-electron chi connectivity index (χ3n) is 2.85. The van der Waals surface area contributed by atoms with Crippen LogP contribution >= 0.6 is 11.6 Å². The number of fused-ring (bicyclic) bond motifs is 1. The largest absolute Gasteiger partial charge is 0.396 e. The molecule has 0 saturated carbocycles. The van der Waals surface area contributed by atoms with Crippen molar-refractivity contribution in [2.24, 2.45) is 5.92 Å². The zero-order valence-corrected chi connectivity index (χ0v) is 9.22. The molecule has 2 aromatic rings. The van der Waals surface area contributed by atoms with Gasteiger partial charge in [-0.2, -0.15) is 0 Å². The van der Waals surface area contributed by atoms with Gasteiger partial charge in [0, 0.05) is 24.9 Å². The van der Waals surface area contributed by atoms with E-state index in [1.54, 1.807) is 12.4 Å². The lowest BCUT2D eigenvalue weighted by molar-refractivity contribution is 0.247. The highest BCUT2D eigenvalue weighted by Gasteiger charge is 2.22. The Kier molecular flexibility index (Phi) is 2.19. The van der Waals surface area contributed by atoms with E-state index in [2.05, 4.69) is 9.97 Å². The Balaban J connectivity index is 2.10. The first-order valence-electron chi connectivity index (χ1n) is 5.09. The summed E-state index contributed by atoms with van der Waals surface area (Å²) in [5.74, 6) is 1.17. The number of hydrogen-bond acceptors (Lipinski definition) is 3. The smallest absolute Gasteiger partial charge is 0.154 e. The van der Waals surface area contributed by atoms with E-state index >= 15 is 0 Å². The van der Waals surface area contributed by atoms with Gasteiger partial charge in [-0.05, 0) is 12.0 Å². The Hall–Kier alpha value is -1.39. The van der Waals surface area contributed by atoms with Crippen molar-refractivity contribution in [2.45, 2.75) is 6.42 Å². The van der Waals surface area contributed by atoms with Crippen LogP contribution < -0.4 is 0 Å². The maximum Gasteiger partial charge on any atom is 0.154 e. The second-order valence-corrected chi connectivity index (χ2v) is 4.25. The standard InChI is InChI=1S/C11H10ClN3O/c12-10-9-5-14-11(15(9)2-1-13-10)8-3-7(4-8)6-16/h1-3,5,7,16H,4,6H2. The molecule has 3 rings (SSSR count). The molecule has 2 heterocycles. The maximum absolute atomic E-state index is 8.96. The van der Waals surface area contributed by atoms with Crippen LogP contribution in [0.2, 0.25) is 5.15 Å². The minimum absolute atomic E-state index is 0.203. The van der Waals surface area contributed by atoms with Crippen molar-refractivity contribution in [2.75, 3.05) is 6.61 Å². The molecule has 1 aliphatic rings. The summed E-state index contributed by atoms with van der Waals surface area (Å²) in [7, 11) is 0. The Morgan fingerprint density at radius 2 is 2.31 bits per heavy atom. The molecule has 0 bridgehead atoms. The number of rotatable bonds is 2. The molecule has 0 fully saturated rings. The summed E-state index contributed by atoms with van der Waals surface area (Å²) in [6, 6.07) is 0. The first-order valence-corrected chi connectivity index (χ1v) is 5.47. The van der Waals surface area contributed by atoms with Crippen molar-refractivity contribution in [3.8, 4) is 0 Å². The SMILES string of the molecule is OCC1C=C(c2ncc3c(Cl)nccn23)C1. The van der Waals surface area contributed by atoms with E-state index in [4.69, 9.17) is 16.7 Å². The molecular weight excluding hydrogens is 226 g/mol. The molecule has 1 atom stereocenters. The van der Waals surface area contributed by atoms with Crippen LogP contribution in [0.5, 0.6) is 0 Å². The Bertz CT molecular complexity index is 576. The Morgan fingerprint density at radius 3 is 3.06 bits per heavy atom. The van der Waals surface area contributed by atoms with Crippen LogP contribution in [-0.4, -0.2) is 26.1 Å². The molecule has 0 aliphatic heterocycles. The lowest BCUT2D eigenvalue weighted by Crippen LogP contribution is -2.14. The number of hydrogen-bond donors (Lipinski definition) is 1. The summed E-state index contributed by atoms with van der Waals surface area (Å²) in [5.41, 5.74) is 1.97. The van der Waals surface area contributed by atoms with Gasteiger partial charge >= 0.3 is 0 Å². The molecule has 1 aliphatic carbocycles. The van der Waals surface area contributed by atoms with Crippen LogP contribution in [0, 0.1) is 5.92 Å². The molecule has 0 amide bonds. The normalized spacial score (nSPS) is 19.6. The van der Waals surface area contributed by atoms with Crippen molar-refractivity contribution < 1.29 is 5.11 Å². The van der Waals surface area contributed by atoms with Gasteiger partial charge in [0.25, 0.3) is 0 Å². The summed E-state index contributed by atoms with van der Waals surface area (Å²) in [4.78, 5) is 8.34. The quantitative estimate of drug-likeness (QED) is 0.863. The fraction of sp³-hybridized carbons (Fsp3) is 0.273. The van der Waals surface area contributed by atoms with Gasteiger partial charge in [-0.3, -0.25) is 4.40 Å². The summed E-state index contributed by atoms with van der Waals surface area (Å²) >= 11 is 5.96. The van der Waals surface area contributed by atoms with Gasteiger partial charge in [-0.15, -0.1) is 0 Å². The number of halogens is 1. The molecule has 0 radical (unpaired) electrons. The van der Waals surface area contributed by atoms with Crippen LogP contribution in [-0.2, 0) is 0 Å². The van der Waals surface area contributed by atoms with Gasteiger partial charge in [0.2, 0.25) is 0 Å². The van der Waals surface area contributed by atoms with Gasteiger partial charge in [0.1, 0.15) is 11.3 Å². The second kappa shape index (κ2) is 3.57. The third-order valence-corrected chi connectivity index (χ3v) is 3.14. The predicted molar refractivity (Wildman–Crippen MR) is 61.2 cm³/mol. The molecule has 0 saturated heterocycles. The maximum atomic E-state index is 8.96. The average molecular weight is 236 g/mol.